The Balaban J connectivity index is 2.91. The highest BCUT2D eigenvalue weighted by molar-refractivity contribution is 6.05. The first-order valence-corrected chi connectivity index (χ1v) is 4.78. The van der Waals surface area contributed by atoms with Gasteiger partial charge in [-0.05, 0) is 19.1 Å². The number of aromatic nitrogens is 1. The maximum atomic E-state index is 11.1. The molecule has 16 heavy (non-hydrogen) atoms. The first-order valence-electron chi connectivity index (χ1n) is 4.78. The molecule has 0 fully saturated rings. The maximum Gasteiger partial charge on any atom is 0.338 e. The van der Waals surface area contributed by atoms with Gasteiger partial charge in [0.2, 0.25) is 0 Å². The molecule has 1 aromatic carbocycles. The number of aromatic carboxylic acids is 1. The molecule has 1 aromatic heterocycles. The second-order valence-corrected chi connectivity index (χ2v) is 3.67. The van der Waals surface area contributed by atoms with E-state index in [-0.39, 0.29) is 0 Å². The number of nitrogens with zero attached hydrogens (tertiary/aromatic N) is 2. The van der Waals surface area contributed by atoms with E-state index in [9.17, 15) is 4.79 Å². The molecule has 0 bridgehead atoms. The van der Waals surface area contributed by atoms with Crippen molar-refractivity contribution in [1.29, 1.82) is 5.26 Å². The molecule has 0 saturated carbocycles. The van der Waals surface area contributed by atoms with Crippen LogP contribution < -0.4 is 0 Å². The number of carboxylic acid groups (broad SMARTS) is 1. The standard InChI is InChI=1S/C12H10N2O2/c1-7-11(12(15)16)9-4-3-8(6-13)5-10(9)14(7)2/h3-5H,1-2H3,(H,15,16). The minimum Gasteiger partial charge on any atom is -0.478 e. The summed E-state index contributed by atoms with van der Waals surface area (Å²) >= 11 is 0. The molecule has 2 rings (SSSR count). The van der Waals surface area contributed by atoms with Crippen molar-refractivity contribution in [3.8, 4) is 6.07 Å². The molecule has 0 aliphatic rings. The number of fused-ring (bicyclic) bond motifs is 1. The van der Waals surface area contributed by atoms with Crippen LogP contribution in [-0.4, -0.2) is 15.6 Å². The van der Waals surface area contributed by atoms with E-state index in [1.165, 1.54) is 0 Å². The van der Waals surface area contributed by atoms with Crippen LogP contribution in [0.5, 0.6) is 0 Å². The summed E-state index contributed by atoms with van der Waals surface area (Å²) in [5.74, 6) is -0.937. The van der Waals surface area contributed by atoms with Gasteiger partial charge < -0.3 is 9.67 Å². The molecule has 0 aliphatic carbocycles. The van der Waals surface area contributed by atoms with Gasteiger partial charge in [0.25, 0.3) is 0 Å². The predicted octanol–water partition coefficient (Wildman–Crippen LogP) is 2.06. The second-order valence-electron chi connectivity index (χ2n) is 3.67. The fourth-order valence-electron chi connectivity index (χ4n) is 1.90. The van der Waals surface area contributed by atoms with Gasteiger partial charge in [0.1, 0.15) is 0 Å². The van der Waals surface area contributed by atoms with Crippen molar-refractivity contribution >= 4 is 16.9 Å². The smallest absolute Gasteiger partial charge is 0.338 e. The molecule has 0 radical (unpaired) electrons. The molecule has 4 nitrogen and oxygen atoms in total. The molecule has 4 heteroatoms. The minimum atomic E-state index is -0.937. The third-order valence-electron chi connectivity index (χ3n) is 2.84. The van der Waals surface area contributed by atoms with Crippen LogP contribution in [0.4, 0.5) is 0 Å². The average Bonchev–Trinajstić information content (AvgIpc) is 2.51. The molecule has 1 heterocycles. The van der Waals surface area contributed by atoms with E-state index in [2.05, 4.69) is 0 Å². The Bertz CT molecular complexity index is 632. The fourth-order valence-corrected chi connectivity index (χ4v) is 1.90. The lowest BCUT2D eigenvalue weighted by molar-refractivity contribution is 0.0698. The lowest BCUT2D eigenvalue weighted by Crippen LogP contribution is -1.99. The van der Waals surface area contributed by atoms with Crippen LogP contribution in [-0.2, 0) is 7.05 Å². The van der Waals surface area contributed by atoms with Crippen molar-refractivity contribution < 1.29 is 9.90 Å². The first kappa shape index (κ1) is 10.2. The molecule has 2 aromatic rings. The van der Waals surface area contributed by atoms with Crippen LogP contribution in [0.2, 0.25) is 0 Å². The zero-order valence-corrected chi connectivity index (χ0v) is 8.98. The third kappa shape index (κ3) is 1.26. The minimum absolute atomic E-state index is 0.307. The van der Waals surface area contributed by atoms with E-state index >= 15 is 0 Å². The highest BCUT2D eigenvalue weighted by atomic mass is 16.4. The summed E-state index contributed by atoms with van der Waals surface area (Å²) in [5.41, 5.74) is 2.30. The van der Waals surface area contributed by atoms with Gasteiger partial charge in [0.05, 0.1) is 22.7 Å². The molecule has 0 atom stereocenters. The summed E-state index contributed by atoms with van der Waals surface area (Å²) in [6.45, 7) is 1.76. The predicted molar refractivity (Wildman–Crippen MR) is 59.3 cm³/mol. The summed E-state index contributed by atoms with van der Waals surface area (Å²) < 4.78 is 1.79. The molecule has 0 unspecified atom stereocenters. The summed E-state index contributed by atoms with van der Waals surface area (Å²) in [7, 11) is 1.80. The number of hydrogen-bond donors (Lipinski definition) is 1. The Kier molecular flexibility index (Phi) is 2.17. The van der Waals surface area contributed by atoms with Gasteiger partial charge >= 0.3 is 5.97 Å². The van der Waals surface area contributed by atoms with E-state index in [0.717, 1.165) is 5.52 Å². The Hall–Kier alpha value is -2.28. The molecule has 0 aliphatic heterocycles. The molecule has 80 valence electrons. The first-order chi connectivity index (χ1) is 7.56. The summed E-state index contributed by atoms with van der Waals surface area (Å²) in [5, 5.41) is 18.6. The van der Waals surface area contributed by atoms with Crippen molar-refractivity contribution in [3.05, 3.63) is 35.0 Å². The topological polar surface area (TPSA) is 66.0 Å². The van der Waals surface area contributed by atoms with E-state index in [1.807, 2.05) is 6.07 Å². The Morgan fingerprint density at radius 2 is 2.19 bits per heavy atom. The van der Waals surface area contributed by atoms with Crippen molar-refractivity contribution in [2.45, 2.75) is 6.92 Å². The van der Waals surface area contributed by atoms with E-state index in [4.69, 9.17) is 10.4 Å². The number of aryl methyl sites for hydroxylation is 1. The fraction of sp³-hybridized carbons (Fsp3) is 0.167. The van der Waals surface area contributed by atoms with Crippen LogP contribution in [0.3, 0.4) is 0 Å². The summed E-state index contributed by atoms with van der Waals surface area (Å²) in [4.78, 5) is 11.1. The Morgan fingerprint density at radius 1 is 1.50 bits per heavy atom. The normalized spacial score (nSPS) is 10.3. The van der Waals surface area contributed by atoms with Gasteiger partial charge in [0.15, 0.2) is 0 Å². The number of benzene rings is 1. The highest BCUT2D eigenvalue weighted by Crippen LogP contribution is 2.25. The molecule has 1 N–H and O–H groups in total. The van der Waals surface area contributed by atoms with Crippen LogP contribution in [0.1, 0.15) is 21.6 Å². The molecular formula is C12H10N2O2. The van der Waals surface area contributed by atoms with E-state index in [1.54, 1.807) is 36.7 Å². The van der Waals surface area contributed by atoms with Crippen molar-refractivity contribution in [3.63, 3.8) is 0 Å². The number of rotatable bonds is 1. The molecule has 0 spiro atoms. The third-order valence-corrected chi connectivity index (χ3v) is 2.84. The quantitative estimate of drug-likeness (QED) is 0.790. The van der Waals surface area contributed by atoms with Crippen molar-refractivity contribution in [2.75, 3.05) is 0 Å². The maximum absolute atomic E-state index is 11.1. The lowest BCUT2D eigenvalue weighted by Gasteiger charge is -1.98. The van der Waals surface area contributed by atoms with Gasteiger partial charge in [-0.15, -0.1) is 0 Å². The highest BCUT2D eigenvalue weighted by Gasteiger charge is 2.17. The molecule has 0 saturated heterocycles. The SMILES string of the molecule is Cc1c(C(=O)O)c2ccc(C#N)cc2n1C. The van der Waals surface area contributed by atoms with Gasteiger partial charge in [-0.3, -0.25) is 0 Å². The second kappa shape index (κ2) is 3.38. The van der Waals surface area contributed by atoms with E-state index < -0.39 is 5.97 Å². The summed E-state index contributed by atoms with van der Waals surface area (Å²) in [6.07, 6.45) is 0. The zero-order chi connectivity index (χ0) is 11.9. The van der Waals surface area contributed by atoms with Crippen LogP contribution in [0.15, 0.2) is 18.2 Å². The number of carboxylic acids is 1. The zero-order valence-electron chi connectivity index (χ0n) is 8.98. The molecule has 0 amide bonds. The summed E-state index contributed by atoms with van der Waals surface area (Å²) in [6, 6.07) is 7.06. The van der Waals surface area contributed by atoms with E-state index in [0.29, 0.717) is 22.2 Å². The average molecular weight is 214 g/mol. The van der Waals surface area contributed by atoms with Crippen molar-refractivity contribution in [2.24, 2.45) is 7.05 Å². The lowest BCUT2D eigenvalue weighted by atomic mass is 10.1. The van der Waals surface area contributed by atoms with Gasteiger partial charge in [-0.25, -0.2) is 4.79 Å². The van der Waals surface area contributed by atoms with Gasteiger partial charge in [-0.2, -0.15) is 5.26 Å². The molecular weight excluding hydrogens is 204 g/mol. The van der Waals surface area contributed by atoms with Gasteiger partial charge in [-0.1, -0.05) is 6.07 Å². The number of nitriles is 1. The monoisotopic (exact) mass is 214 g/mol. The Labute approximate surface area is 92.3 Å². The Morgan fingerprint density at radius 3 is 2.75 bits per heavy atom. The largest absolute Gasteiger partial charge is 0.478 e. The number of carbonyl (C=O) groups is 1. The van der Waals surface area contributed by atoms with Crippen LogP contribution >= 0.6 is 0 Å². The number of hydrogen-bond acceptors (Lipinski definition) is 2. The van der Waals surface area contributed by atoms with Gasteiger partial charge in [0, 0.05) is 18.1 Å². The van der Waals surface area contributed by atoms with Crippen molar-refractivity contribution in [1.82, 2.24) is 4.57 Å². The van der Waals surface area contributed by atoms with Crippen LogP contribution in [0.25, 0.3) is 10.9 Å². The van der Waals surface area contributed by atoms with Crippen LogP contribution in [0, 0.1) is 18.3 Å².